The minimum absolute atomic E-state index is 0.355. The van der Waals surface area contributed by atoms with Crippen molar-refractivity contribution in [2.24, 2.45) is 0 Å². The Labute approximate surface area is 120 Å². The first-order chi connectivity index (χ1) is 9.51. The first-order valence-electron chi connectivity index (χ1n) is 7.53. The van der Waals surface area contributed by atoms with Crippen LogP contribution in [0.5, 0.6) is 0 Å². The molecule has 1 saturated heterocycles. The molecule has 20 heavy (non-hydrogen) atoms. The zero-order valence-corrected chi connectivity index (χ0v) is 12.6. The molecule has 0 amide bonds. The van der Waals surface area contributed by atoms with Crippen LogP contribution in [-0.4, -0.2) is 34.7 Å². The van der Waals surface area contributed by atoms with Crippen LogP contribution in [0.1, 0.15) is 38.4 Å². The lowest BCUT2D eigenvalue weighted by atomic mass is 9.88. The Morgan fingerprint density at radius 2 is 1.80 bits per heavy atom. The fourth-order valence-electron chi connectivity index (χ4n) is 3.34. The number of aromatic nitrogens is 1. The maximum absolute atomic E-state index is 11.1. The quantitative estimate of drug-likeness (QED) is 0.910. The Hall–Kier alpha value is -1.32. The molecule has 0 atom stereocenters. The zero-order chi connectivity index (χ0) is 14.3. The molecule has 2 heterocycles. The fraction of sp³-hybridized carbons (Fsp3) is 0.529. The van der Waals surface area contributed by atoms with Crippen LogP contribution >= 0.6 is 0 Å². The average Bonchev–Trinajstić information content (AvgIpc) is 2.82. The van der Waals surface area contributed by atoms with E-state index in [-0.39, 0.29) is 0 Å². The molecule has 3 heteroatoms. The van der Waals surface area contributed by atoms with Crippen LogP contribution in [0.15, 0.2) is 30.3 Å². The molecular formula is C17H24N2O. The molecule has 2 aromatic rings. The molecule has 0 unspecified atom stereocenters. The van der Waals surface area contributed by atoms with Gasteiger partial charge in [-0.3, -0.25) is 0 Å². The number of piperidine rings is 1. The minimum Gasteiger partial charge on any atom is -0.384 e. The van der Waals surface area contributed by atoms with Gasteiger partial charge in [0.2, 0.25) is 0 Å². The number of hydrogen-bond donors (Lipinski definition) is 1. The summed E-state index contributed by atoms with van der Waals surface area (Å²) in [4.78, 5) is 2.29. The molecular weight excluding hydrogens is 248 g/mol. The van der Waals surface area contributed by atoms with Gasteiger partial charge < -0.3 is 14.6 Å². The Morgan fingerprint density at radius 3 is 2.45 bits per heavy atom. The maximum Gasteiger partial charge on any atom is 0.107 e. The van der Waals surface area contributed by atoms with Crippen molar-refractivity contribution in [3.05, 3.63) is 36.0 Å². The fourth-order valence-corrected chi connectivity index (χ4v) is 3.34. The Morgan fingerprint density at radius 1 is 1.15 bits per heavy atom. The van der Waals surface area contributed by atoms with E-state index in [0.29, 0.717) is 6.04 Å². The van der Waals surface area contributed by atoms with E-state index in [0.717, 1.165) is 31.6 Å². The van der Waals surface area contributed by atoms with Gasteiger partial charge in [0.1, 0.15) is 5.60 Å². The highest BCUT2D eigenvalue weighted by Crippen LogP contribution is 2.37. The van der Waals surface area contributed by atoms with E-state index < -0.39 is 5.60 Å². The number of nitrogens with zero attached hydrogens (tertiary/aromatic N) is 2. The monoisotopic (exact) mass is 272 g/mol. The molecule has 1 aliphatic heterocycles. The van der Waals surface area contributed by atoms with Crippen LogP contribution in [0.4, 0.5) is 0 Å². The predicted octanol–water partition coefficient (Wildman–Crippen LogP) is 3.14. The first-order valence-corrected chi connectivity index (χ1v) is 7.53. The lowest BCUT2D eigenvalue weighted by molar-refractivity contribution is -0.0268. The van der Waals surface area contributed by atoms with Crippen molar-refractivity contribution in [3.8, 4) is 0 Å². The lowest BCUT2D eigenvalue weighted by Crippen LogP contribution is -2.42. The number of para-hydroxylation sites is 1. The normalized spacial score (nSPS) is 19.9. The molecule has 3 nitrogen and oxygen atoms in total. The topological polar surface area (TPSA) is 28.4 Å². The first kappa shape index (κ1) is 13.7. The molecule has 1 fully saturated rings. The molecule has 0 bridgehead atoms. The lowest BCUT2D eigenvalue weighted by Gasteiger charge is -2.37. The summed E-state index contributed by atoms with van der Waals surface area (Å²) >= 11 is 0. The summed E-state index contributed by atoms with van der Waals surface area (Å²) in [6.45, 7) is 6.29. The van der Waals surface area contributed by atoms with E-state index in [1.54, 1.807) is 0 Å². The Balaban J connectivity index is 2.13. The van der Waals surface area contributed by atoms with Crippen LogP contribution in [0.2, 0.25) is 0 Å². The van der Waals surface area contributed by atoms with Crippen LogP contribution < -0.4 is 0 Å². The number of benzene rings is 1. The molecule has 1 N–H and O–H groups in total. The summed E-state index contributed by atoms with van der Waals surface area (Å²) in [5.74, 6) is 0. The van der Waals surface area contributed by atoms with E-state index in [9.17, 15) is 5.11 Å². The number of aliphatic hydroxyl groups is 1. The van der Waals surface area contributed by atoms with Crippen molar-refractivity contribution in [3.63, 3.8) is 0 Å². The molecule has 1 aromatic heterocycles. The van der Waals surface area contributed by atoms with E-state index in [1.807, 2.05) is 0 Å². The number of fused-ring (bicyclic) bond motifs is 1. The van der Waals surface area contributed by atoms with Crippen LogP contribution in [-0.2, 0) is 5.60 Å². The number of rotatable bonds is 2. The second-order valence-electron chi connectivity index (χ2n) is 6.39. The number of hydrogen-bond acceptors (Lipinski definition) is 2. The standard InChI is InChI=1S/C17H24N2O/c1-13(2)19-15-7-5-4-6-14(15)12-16(19)17(20)8-10-18(3)11-9-17/h4-7,12-13,20H,8-11H2,1-3H3. The maximum atomic E-state index is 11.1. The van der Waals surface area contributed by atoms with E-state index in [4.69, 9.17) is 0 Å². The summed E-state index contributed by atoms with van der Waals surface area (Å²) in [5, 5.41) is 12.4. The Bertz CT molecular complexity index is 606. The van der Waals surface area contributed by atoms with Gasteiger partial charge in [-0.1, -0.05) is 18.2 Å². The molecule has 0 saturated carbocycles. The molecule has 108 valence electrons. The van der Waals surface area contributed by atoms with Crippen molar-refractivity contribution in [1.29, 1.82) is 0 Å². The summed E-state index contributed by atoms with van der Waals surface area (Å²) in [6.07, 6.45) is 1.62. The van der Waals surface area contributed by atoms with Crippen molar-refractivity contribution >= 4 is 10.9 Å². The van der Waals surface area contributed by atoms with Gasteiger partial charge in [0.15, 0.2) is 0 Å². The highest BCUT2D eigenvalue weighted by Gasteiger charge is 2.36. The number of likely N-dealkylation sites (tertiary alicyclic amines) is 1. The summed E-state index contributed by atoms with van der Waals surface area (Å²) in [5.41, 5.74) is 1.63. The highest BCUT2D eigenvalue weighted by atomic mass is 16.3. The molecule has 0 spiro atoms. The van der Waals surface area contributed by atoms with Crippen molar-refractivity contribution < 1.29 is 5.11 Å². The largest absolute Gasteiger partial charge is 0.384 e. The van der Waals surface area contributed by atoms with Gasteiger partial charge in [0, 0.05) is 24.6 Å². The van der Waals surface area contributed by atoms with Gasteiger partial charge in [0.05, 0.1) is 5.69 Å². The van der Waals surface area contributed by atoms with Gasteiger partial charge in [-0.25, -0.2) is 0 Å². The van der Waals surface area contributed by atoms with Crippen LogP contribution in [0.25, 0.3) is 10.9 Å². The third-order valence-corrected chi connectivity index (χ3v) is 4.56. The smallest absolute Gasteiger partial charge is 0.107 e. The van der Waals surface area contributed by atoms with E-state index in [1.165, 1.54) is 10.9 Å². The average molecular weight is 272 g/mol. The summed E-state index contributed by atoms with van der Waals surface area (Å²) in [6, 6.07) is 11.0. The predicted molar refractivity (Wildman–Crippen MR) is 83.0 cm³/mol. The minimum atomic E-state index is -0.685. The van der Waals surface area contributed by atoms with Crippen LogP contribution in [0.3, 0.4) is 0 Å². The summed E-state index contributed by atoms with van der Waals surface area (Å²) < 4.78 is 2.31. The third kappa shape index (κ3) is 2.15. The Kier molecular flexibility index (Phi) is 3.35. The van der Waals surface area contributed by atoms with Gasteiger partial charge in [-0.2, -0.15) is 0 Å². The molecule has 3 rings (SSSR count). The van der Waals surface area contributed by atoms with Crippen LogP contribution in [0, 0.1) is 0 Å². The molecule has 0 radical (unpaired) electrons. The highest BCUT2D eigenvalue weighted by molar-refractivity contribution is 5.81. The SMILES string of the molecule is CC(C)n1c(C2(O)CCN(C)CC2)cc2ccccc21. The third-order valence-electron chi connectivity index (χ3n) is 4.56. The molecule has 1 aromatic carbocycles. The van der Waals surface area contributed by atoms with Gasteiger partial charge in [-0.05, 0) is 51.3 Å². The molecule has 0 aliphatic carbocycles. The van der Waals surface area contributed by atoms with E-state index >= 15 is 0 Å². The molecule has 1 aliphatic rings. The van der Waals surface area contributed by atoms with Gasteiger partial charge in [0.25, 0.3) is 0 Å². The van der Waals surface area contributed by atoms with Crippen molar-refractivity contribution in [1.82, 2.24) is 9.47 Å². The second kappa shape index (κ2) is 4.90. The van der Waals surface area contributed by atoms with Gasteiger partial charge >= 0.3 is 0 Å². The summed E-state index contributed by atoms with van der Waals surface area (Å²) in [7, 11) is 2.12. The van der Waals surface area contributed by atoms with E-state index in [2.05, 4.69) is 60.7 Å². The second-order valence-corrected chi connectivity index (χ2v) is 6.39. The van der Waals surface area contributed by atoms with Crippen molar-refractivity contribution in [2.75, 3.05) is 20.1 Å². The van der Waals surface area contributed by atoms with Crippen molar-refractivity contribution in [2.45, 2.75) is 38.3 Å². The van der Waals surface area contributed by atoms with Gasteiger partial charge in [-0.15, -0.1) is 0 Å². The zero-order valence-electron chi connectivity index (χ0n) is 12.6.